The third kappa shape index (κ3) is 5.41. The van der Waals surface area contributed by atoms with Gasteiger partial charge in [0, 0.05) is 5.75 Å². The van der Waals surface area contributed by atoms with Crippen molar-refractivity contribution < 1.29 is 4.79 Å². The third-order valence-electron chi connectivity index (χ3n) is 3.50. The van der Waals surface area contributed by atoms with Crippen molar-refractivity contribution in [3.05, 3.63) is 70.8 Å². The second-order valence-corrected chi connectivity index (χ2v) is 8.07. The average Bonchev–Trinajstić information content (AvgIpc) is 3.00. The molecule has 3 rings (SSSR count). The Kier molecular flexibility index (Phi) is 5.83. The second kappa shape index (κ2) is 8.27. The summed E-state index contributed by atoms with van der Waals surface area (Å²) in [4.78, 5) is 12.1. The van der Waals surface area contributed by atoms with Crippen LogP contribution in [0, 0.1) is 13.8 Å². The minimum atomic E-state index is -0.0757. The first kappa shape index (κ1) is 17.6. The first-order valence-corrected chi connectivity index (χ1v) is 9.76. The molecule has 0 saturated heterocycles. The molecule has 0 spiro atoms. The van der Waals surface area contributed by atoms with Crippen LogP contribution in [0.3, 0.4) is 0 Å². The molecule has 2 aromatic carbocycles. The predicted molar refractivity (Wildman–Crippen MR) is 104 cm³/mol. The van der Waals surface area contributed by atoms with Crippen molar-refractivity contribution in [3.63, 3.8) is 0 Å². The molecule has 1 heterocycles. The molecule has 0 bridgehead atoms. The standard InChI is InChI=1S/C19H19N3OS2/c1-13-8-14(2)10-16(9-13)12-24-19-22-21-18(25-19)20-17(23)11-15-6-4-3-5-7-15/h3-10H,11-12H2,1-2H3,(H,20,21,23). The molecule has 0 saturated carbocycles. The smallest absolute Gasteiger partial charge is 0.230 e. The first-order valence-electron chi connectivity index (χ1n) is 7.96. The maximum atomic E-state index is 12.1. The molecule has 25 heavy (non-hydrogen) atoms. The highest BCUT2D eigenvalue weighted by atomic mass is 32.2. The van der Waals surface area contributed by atoms with Crippen LogP contribution >= 0.6 is 23.1 Å². The molecule has 0 fully saturated rings. The summed E-state index contributed by atoms with van der Waals surface area (Å²) in [5, 5.41) is 11.6. The Hall–Kier alpha value is -2.18. The Bertz CT molecular complexity index is 842. The SMILES string of the molecule is Cc1cc(C)cc(CSc2nnc(NC(=O)Cc3ccccc3)s2)c1. The molecule has 0 atom stereocenters. The van der Waals surface area contributed by atoms with E-state index in [1.54, 1.807) is 11.8 Å². The minimum Gasteiger partial charge on any atom is -0.300 e. The van der Waals surface area contributed by atoms with E-state index in [4.69, 9.17) is 0 Å². The molecule has 0 aliphatic carbocycles. The highest BCUT2D eigenvalue weighted by molar-refractivity contribution is 8.00. The number of nitrogens with zero attached hydrogens (tertiary/aromatic N) is 2. The zero-order valence-electron chi connectivity index (χ0n) is 14.2. The van der Waals surface area contributed by atoms with Crippen molar-refractivity contribution in [1.29, 1.82) is 0 Å². The molecule has 0 radical (unpaired) electrons. The van der Waals surface area contributed by atoms with Gasteiger partial charge in [-0.25, -0.2) is 0 Å². The number of hydrogen-bond acceptors (Lipinski definition) is 5. The molecule has 4 nitrogen and oxygen atoms in total. The molecule has 6 heteroatoms. The van der Waals surface area contributed by atoms with Crippen LogP contribution < -0.4 is 5.32 Å². The van der Waals surface area contributed by atoms with Gasteiger partial charge in [0.2, 0.25) is 11.0 Å². The van der Waals surface area contributed by atoms with Crippen molar-refractivity contribution in [2.45, 2.75) is 30.4 Å². The van der Waals surface area contributed by atoms with Crippen LogP contribution in [0.4, 0.5) is 5.13 Å². The number of aryl methyl sites for hydroxylation is 2. The van der Waals surface area contributed by atoms with Crippen molar-refractivity contribution in [3.8, 4) is 0 Å². The molecule has 128 valence electrons. The van der Waals surface area contributed by atoms with Crippen LogP contribution in [0.5, 0.6) is 0 Å². The van der Waals surface area contributed by atoms with E-state index < -0.39 is 0 Å². The zero-order valence-corrected chi connectivity index (χ0v) is 15.8. The van der Waals surface area contributed by atoms with Crippen molar-refractivity contribution in [2.75, 3.05) is 5.32 Å². The van der Waals surface area contributed by atoms with E-state index in [0.717, 1.165) is 15.7 Å². The summed E-state index contributed by atoms with van der Waals surface area (Å²) in [6.45, 7) is 4.21. The quantitative estimate of drug-likeness (QED) is 0.508. The summed E-state index contributed by atoms with van der Waals surface area (Å²) >= 11 is 3.04. The van der Waals surface area contributed by atoms with E-state index in [1.807, 2.05) is 30.3 Å². The van der Waals surface area contributed by atoms with E-state index in [2.05, 4.69) is 47.6 Å². The molecule has 0 aliphatic heterocycles. The second-order valence-electron chi connectivity index (χ2n) is 5.87. The van der Waals surface area contributed by atoms with Gasteiger partial charge >= 0.3 is 0 Å². The van der Waals surface area contributed by atoms with Gasteiger partial charge in [-0.1, -0.05) is 82.8 Å². The van der Waals surface area contributed by atoms with Crippen LogP contribution in [-0.2, 0) is 17.0 Å². The molecular weight excluding hydrogens is 350 g/mol. The van der Waals surface area contributed by atoms with E-state index in [1.165, 1.54) is 28.0 Å². The predicted octanol–water partition coefficient (Wildman–Crippen LogP) is 4.63. The molecule has 3 aromatic rings. The summed E-state index contributed by atoms with van der Waals surface area (Å²) in [5.74, 6) is 0.767. The maximum Gasteiger partial charge on any atom is 0.230 e. The molecule has 0 aliphatic rings. The van der Waals surface area contributed by atoms with Crippen LogP contribution in [0.25, 0.3) is 0 Å². The fourth-order valence-corrected chi connectivity index (χ4v) is 4.26. The lowest BCUT2D eigenvalue weighted by molar-refractivity contribution is -0.115. The molecule has 1 aromatic heterocycles. The Labute approximate surface area is 155 Å². The maximum absolute atomic E-state index is 12.1. The fraction of sp³-hybridized carbons (Fsp3) is 0.211. The summed E-state index contributed by atoms with van der Waals surface area (Å²) < 4.78 is 0.856. The monoisotopic (exact) mass is 369 g/mol. The molecular formula is C19H19N3OS2. The Morgan fingerprint density at radius 1 is 1.04 bits per heavy atom. The van der Waals surface area contributed by atoms with E-state index in [-0.39, 0.29) is 5.91 Å². The number of amides is 1. The fourth-order valence-electron chi connectivity index (χ4n) is 2.56. The Morgan fingerprint density at radius 2 is 1.76 bits per heavy atom. The van der Waals surface area contributed by atoms with Crippen molar-refractivity contribution >= 4 is 34.1 Å². The minimum absolute atomic E-state index is 0.0757. The number of thioether (sulfide) groups is 1. The van der Waals surface area contributed by atoms with Gasteiger partial charge in [0.05, 0.1) is 6.42 Å². The Balaban J connectivity index is 1.54. The summed E-state index contributed by atoms with van der Waals surface area (Å²) in [5.41, 5.74) is 4.78. The first-order chi connectivity index (χ1) is 12.1. The summed E-state index contributed by atoms with van der Waals surface area (Å²) in [6.07, 6.45) is 0.339. The van der Waals surface area contributed by atoms with Crippen molar-refractivity contribution in [1.82, 2.24) is 10.2 Å². The number of benzene rings is 2. The van der Waals surface area contributed by atoms with E-state index in [0.29, 0.717) is 11.6 Å². The van der Waals surface area contributed by atoms with Gasteiger partial charge in [-0.2, -0.15) is 0 Å². The Morgan fingerprint density at radius 3 is 2.48 bits per heavy atom. The molecule has 1 N–H and O–H groups in total. The van der Waals surface area contributed by atoms with Crippen LogP contribution in [0.15, 0.2) is 52.9 Å². The van der Waals surface area contributed by atoms with Crippen molar-refractivity contribution in [2.24, 2.45) is 0 Å². The van der Waals surface area contributed by atoms with Gasteiger partial charge in [0.25, 0.3) is 0 Å². The third-order valence-corrected chi connectivity index (χ3v) is 5.55. The number of hydrogen-bond donors (Lipinski definition) is 1. The zero-order chi connectivity index (χ0) is 17.6. The van der Waals surface area contributed by atoms with Gasteiger partial charge in [-0.05, 0) is 25.0 Å². The highest BCUT2D eigenvalue weighted by Crippen LogP contribution is 2.28. The summed E-state index contributed by atoms with van der Waals surface area (Å²) in [7, 11) is 0. The van der Waals surface area contributed by atoms with Gasteiger partial charge in [0.1, 0.15) is 0 Å². The number of carbonyl (C=O) groups excluding carboxylic acids is 1. The number of nitrogens with one attached hydrogen (secondary N) is 1. The van der Waals surface area contributed by atoms with Gasteiger partial charge in [0.15, 0.2) is 4.34 Å². The topological polar surface area (TPSA) is 54.9 Å². The lowest BCUT2D eigenvalue weighted by Gasteiger charge is -2.03. The van der Waals surface area contributed by atoms with Gasteiger partial charge in [-0.3, -0.25) is 4.79 Å². The lowest BCUT2D eigenvalue weighted by atomic mass is 10.1. The highest BCUT2D eigenvalue weighted by Gasteiger charge is 2.09. The van der Waals surface area contributed by atoms with E-state index >= 15 is 0 Å². The number of rotatable bonds is 6. The van der Waals surface area contributed by atoms with Gasteiger partial charge in [-0.15, -0.1) is 10.2 Å². The van der Waals surface area contributed by atoms with Crippen LogP contribution in [-0.4, -0.2) is 16.1 Å². The average molecular weight is 370 g/mol. The number of anilines is 1. The van der Waals surface area contributed by atoms with E-state index in [9.17, 15) is 4.79 Å². The van der Waals surface area contributed by atoms with Crippen LogP contribution in [0.1, 0.15) is 22.3 Å². The van der Waals surface area contributed by atoms with Gasteiger partial charge < -0.3 is 5.32 Å². The normalized spacial score (nSPS) is 10.6. The largest absolute Gasteiger partial charge is 0.300 e. The summed E-state index contributed by atoms with van der Waals surface area (Å²) in [6, 6.07) is 16.2. The molecule has 0 unspecified atom stereocenters. The number of carbonyl (C=O) groups is 1. The molecule has 1 amide bonds. The number of aromatic nitrogens is 2. The van der Waals surface area contributed by atoms with Crippen LogP contribution in [0.2, 0.25) is 0 Å². The lowest BCUT2D eigenvalue weighted by Crippen LogP contribution is -2.14.